The van der Waals surface area contributed by atoms with Crippen LogP contribution in [0.15, 0.2) is 10.9 Å². The second-order valence-corrected chi connectivity index (χ2v) is 5.53. The highest BCUT2D eigenvalue weighted by Gasteiger charge is 2.32. The lowest BCUT2D eigenvalue weighted by molar-refractivity contribution is -0.136. The van der Waals surface area contributed by atoms with Crippen LogP contribution in [0.5, 0.6) is 0 Å². The summed E-state index contributed by atoms with van der Waals surface area (Å²) in [5.74, 6) is -0.279. The summed E-state index contributed by atoms with van der Waals surface area (Å²) in [6.45, 7) is 5.95. The minimum atomic E-state index is -0.410. The number of hydrogen-bond donors (Lipinski definition) is 2. The molecule has 1 aromatic rings. The van der Waals surface area contributed by atoms with Gasteiger partial charge in [-0.1, -0.05) is 0 Å². The maximum absolute atomic E-state index is 12.2. The van der Waals surface area contributed by atoms with Crippen molar-refractivity contribution in [3.63, 3.8) is 0 Å². The van der Waals surface area contributed by atoms with E-state index in [0.717, 1.165) is 17.7 Å². The van der Waals surface area contributed by atoms with Gasteiger partial charge >= 0.3 is 0 Å². The van der Waals surface area contributed by atoms with Crippen LogP contribution in [0.4, 0.5) is 0 Å². The Kier molecular flexibility index (Phi) is 4.45. The first-order valence-corrected chi connectivity index (χ1v) is 7.14. The molecule has 1 aliphatic rings. The molecule has 0 spiro atoms. The van der Waals surface area contributed by atoms with Gasteiger partial charge in [0.25, 0.3) is 5.56 Å². The first kappa shape index (κ1) is 15.3. The molecule has 2 amide bonds. The fourth-order valence-electron chi connectivity index (χ4n) is 2.81. The number of rotatable bonds is 3. The van der Waals surface area contributed by atoms with E-state index in [4.69, 9.17) is 0 Å². The molecule has 0 unspecified atom stereocenters. The molecule has 2 rings (SSSR count). The fourth-order valence-corrected chi connectivity index (χ4v) is 2.81. The Morgan fingerprint density at radius 2 is 2.14 bits per heavy atom. The van der Waals surface area contributed by atoms with Crippen LogP contribution in [-0.4, -0.2) is 34.3 Å². The molecule has 1 saturated heterocycles. The molecule has 0 aromatic carbocycles. The Labute approximate surface area is 123 Å². The highest BCUT2D eigenvalue weighted by Crippen LogP contribution is 2.17. The number of amides is 2. The lowest BCUT2D eigenvalue weighted by Crippen LogP contribution is -2.45. The predicted molar refractivity (Wildman–Crippen MR) is 78.8 cm³/mol. The van der Waals surface area contributed by atoms with Gasteiger partial charge in [0.15, 0.2) is 0 Å². The number of hydrogen-bond acceptors (Lipinski definition) is 3. The van der Waals surface area contributed by atoms with Crippen LogP contribution >= 0.6 is 0 Å². The smallest absolute Gasteiger partial charge is 0.253 e. The molecule has 1 atom stereocenters. The second kappa shape index (κ2) is 6.11. The van der Waals surface area contributed by atoms with Gasteiger partial charge in [0.05, 0.1) is 0 Å². The van der Waals surface area contributed by atoms with Gasteiger partial charge in [0.2, 0.25) is 11.8 Å². The summed E-state index contributed by atoms with van der Waals surface area (Å²) >= 11 is 0. The number of aromatic nitrogens is 1. The van der Waals surface area contributed by atoms with Crippen LogP contribution in [0.25, 0.3) is 0 Å². The summed E-state index contributed by atoms with van der Waals surface area (Å²) in [7, 11) is 0. The van der Waals surface area contributed by atoms with E-state index in [2.05, 4.69) is 10.3 Å². The van der Waals surface area contributed by atoms with E-state index in [0.29, 0.717) is 18.5 Å². The monoisotopic (exact) mass is 291 g/mol. The molecule has 1 fully saturated rings. The molecule has 1 aliphatic heterocycles. The van der Waals surface area contributed by atoms with Gasteiger partial charge in [-0.25, -0.2) is 0 Å². The topological polar surface area (TPSA) is 82.3 Å². The van der Waals surface area contributed by atoms with E-state index in [9.17, 15) is 14.4 Å². The number of H-pyrrole nitrogens is 1. The Morgan fingerprint density at radius 3 is 2.76 bits per heavy atom. The van der Waals surface area contributed by atoms with Crippen molar-refractivity contribution in [3.05, 3.63) is 33.2 Å². The number of carbonyl (C=O) groups is 2. The van der Waals surface area contributed by atoms with Crippen molar-refractivity contribution in [1.29, 1.82) is 0 Å². The fraction of sp³-hybridized carbons (Fsp3) is 0.533. The van der Waals surface area contributed by atoms with Gasteiger partial charge in [-0.2, -0.15) is 0 Å². The molecule has 114 valence electrons. The molecule has 0 aliphatic carbocycles. The van der Waals surface area contributed by atoms with Gasteiger partial charge in [0.1, 0.15) is 6.04 Å². The molecular formula is C15H21N3O3. The Bertz CT molecular complexity index is 621. The van der Waals surface area contributed by atoms with Gasteiger partial charge in [0, 0.05) is 31.3 Å². The Balaban J connectivity index is 2.05. The van der Waals surface area contributed by atoms with Gasteiger partial charge < -0.3 is 15.2 Å². The molecule has 0 bridgehead atoms. The molecule has 0 radical (unpaired) electrons. The van der Waals surface area contributed by atoms with Crippen molar-refractivity contribution in [1.82, 2.24) is 15.2 Å². The van der Waals surface area contributed by atoms with Crippen LogP contribution < -0.4 is 10.9 Å². The van der Waals surface area contributed by atoms with E-state index in [1.54, 1.807) is 4.90 Å². The van der Waals surface area contributed by atoms with Crippen LogP contribution in [-0.2, 0) is 16.1 Å². The lowest BCUT2D eigenvalue weighted by Gasteiger charge is -2.22. The largest absolute Gasteiger partial charge is 0.350 e. The number of nitrogens with zero attached hydrogens (tertiary/aromatic N) is 1. The first-order chi connectivity index (χ1) is 9.90. The number of carbonyl (C=O) groups excluding carboxylic acids is 2. The third kappa shape index (κ3) is 3.32. The third-order valence-corrected chi connectivity index (χ3v) is 3.89. The van der Waals surface area contributed by atoms with Crippen molar-refractivity contribution >= 4 is 11.8 Å². The van der Waals surface area contributed by atoms with Crippen molar-refractivity contribution in [2.75, 3.05) is 6.54 Å². The van der Waals surface area contributed by atoms with Crippen LogP contribution in [0, 0.1) is 13.8 Å². The van der Waals surface area contributed by atoms with E-state index in [-0.39, 0.29) is 23.9 Å². The van der Waals surface area contributed by atoms with Gasteiger partial charge in [-0.3, -0.25) is 14.4 Å². The quantitative estimate of drug-likeness (QED) is 0.856. The summed E-state index contributed by atoms with van der Waals surface area (Å²) in [4.78, 5) is 39.9. The molecule has 6 nitrogen and oxygen atoms in total. The van der Waals surface area contributed by atoms with E-state index in [1.165, 1.54) is 6.92 Å². The summed E-state index contributed by atoms with van der Waals surface area (Å²) in [5.41, 5.74) is 2.03. The SMILES string of the molecule is CC(=O)N1CCC[C@@H]1C(=O)NCc1c(C)cc(C)[nH]c1=O. The zero-order valence-electron chi connectivity index (χ0n) is 12.7. The van der Waals surface area contributed by atoms with Crippen molar-refractivity contribution in [2.45, 2.75) is 46.2 Å². The van der Waals surface area contributed by atoms with Crippen LogP contribution in [0.2, 0.25) is 0 Å². The maximum Gasteiger partial charge on any atom is 0.253 e. The second-order valence-electron chi connectivity index (χ2n) is 5.53. The molecule has 2 heterocycles. The average Bonchev–Trinajstić information content (AvgIpc) is 2.86. The summed E-state index contributed by atoms with van der Waals surface area (Å²) in [6.07, 6.45) is 1.51. The minimum Gasteiger partial charge on any atom is -0.350 e. The van der Waals surface area contributed by atoms with Crippen molar-refractivity contribution in [2.24, 2.45) is 0 Å². The molecule has 6 heteroatoms. The van der Waals surface area contributed by atoms with Gasteiger partial charge in [-0.05, 0) is 38.3 Å². The first-order valence-electron chi connectivity index (χ1n) is 7.14. The van der Waals surface area contributed by atoms with Crippen molar-refractivity contribution in [3.8, 4) is 0 Å². The number of aromatic amines is 1. The standard InChI is InChI=1S/C15H21N3O3/c1-9-7-10(2)17-14(20)12(9)8-16-15(21)13-5-4-6-18(13)11(3)19/h7,13H,4-6,8H2,1-3H3,(H,16,21)(H,17,20)/t13-/m1/s1. The molecule has 0 saturated carbocycles. The summed E-state index contributed by atoms with van der Waals surface area (Å²) in [6, 6.07) is 1.47. The predicted octanol–water partition coefficient (Wildman–Crippen LogP) is 0.619. The number of aryl methyl sites for hydroxylation is 2. The van der Waals surface area contributed by atoms with Gasteiger partial charge in [-0.15, -0.1) is 0 Å². The minimum absolute atomic E-state index is 0.0861. The molecule has 1 aromatic heterocycles. The molecule has 21 heavy (non-hydrogen) atoms. The highest BCUT2D eigenvalue weighted by molar-refractivity contribution is 5.87. The average molecular weight is 291 g/mol. The summed E-state index contributed by atoms with van der Waals surface area (Å²) in [5, 5.41) is 2.77. The zero-order chi connectivity index (χ0) is 15.6. The Morgan fingerprint density at radius 1 is 1.43 bits per heavy atom. The van der Waals surface area contributed by atoms with E-state index >= 15 is 0 Å². The number of likely N-dealkylation sites (tertiary alicyclic amines) is 1. The third-order valence-electron chi connectivity index (χ3n) is 3.89. The van der Waals surface area contributed by atoms with E-state index < -0.39 is 6.04 Å². The Hall–Kier alpha value is -2.11. The highest BCUT2D eigenvalue weighted by atomic mass is 16.2. The maximum atomic E-state index is 12.2. The van der Waals surface area contributed by atoms with Crippen LogP contribution in [0.3, 0.4) is 0 Å². The number of nitrogens with one attached hydrogen (secondary N) is 2. The van der Waals surface area contributed by atoms with Crippen LogP contribution in [0.1, 0.15) is 36.6 Å². The molecular weight excluding hydrogens is 270 g/mol. The van der Waals surface area contributed by atoms with Crippen molar-refractivity contribution < 1.29 is 9.59 Å². The zero-order valence-corrected chi connectivity index (χ0v) is 12.7. The summed E-state index contributed by atoms with van der Waals surface area (Å²) < 4.78 is 0. The normalized spacial score (nSPS) is 17.9. The van der Waals surface area contributed by atoms with E-state index in [1.807, 2.05) is 19.9 Å². The lowest BCUT2D eigenvalue weighted by atomic mass is 10.1. The number of pyridine rings is 1. The molecule has 2 N–H and O–H groups in total.